The van der Waals surface area contributed by atoms with Gasteiger partial charge in [-0.3, -0.25) is 9.78 Å². The van der Waals surface area contributed by atoms with Crippen LogP contribution in [0.25, 0.3) is 28.0 Å². The molecule has 0 radical (unpaired) electrons. The minimum Gasteiger partial charge on any atom is -0.493 e. The topological polar surface area (TPSA) is 80.0 Å². The van der Waals surface area contributed by atoms with Crippen LogP contribution in [0.15, 0.2) is 63.6 Å². The van der Waals surface area contributed by atoms with Gasteiger partial charge in [0, 0.05) is 30.1 Å². The lowest BCUT2D eigenvalue weighted by molar-refractivity contribution is 0.158. The van der Waals surface area contributed by atoms with Crippen molar-refractivity contribution in [1.29, 1.82) is 0 Å². The van der Waals surface area contributed by atoms with E-state index in [1.54, 1.807) is 31.6 Å². The third-order valence-corrected chi connectivity index (χ3v) is 6.67. The van der Waals surface area contributed by atoms with Crippen molar-refractivity contribution in [2.24, 2.45) is 0 Å². The van der Waals surface area contributed by atoms with E-state index >= 15 is 0 Å². The molecule has 208 valence electrons. The highest BCUT2D eigenvalue weighted by atomic mass is 16.5. The van der Waals surface area contributed by atoms with Gasteiger partial charge in [-0.1, -0.05) is 11.6 Å². The fourth-order valence-electron chi connectivity index (χ4n) is 4.86. The Labute approximate surface area is 234 Å². The molecule has 0 saturated heterocycles. The maximum Gasteiger partial charge on any atom is 0.204 e. The van der Waals surface area contributed by atoms with Gasteiger partial charge in [0.2, 0.25) is 5.43 Å². The number of methoxy groups -OCH3 is 1. The fourth-order valence-corrected chi connectivity index (χ4v) is 4.86. The summed E-state index contributed by atoms with van der Waals surface area (Å²) < 4.78 is 31.1. The number of fused-ring (bicyclic) bond motifs is 3. The summed E-state index contributed by atoms with van der Waals surface area (Å²) in [6.45, 7) is 12.1. The zero-order chi connectivity index (χ0) is 28.6. The lowest BCUT2D eigenvalue weighted by atomic mass is 9.97. The second kappa shape index (κ2) is 10.7. The summed E-state index contributed by atoms with van der Waals surface area (Å²) in [6, 6.07) is 7.27. The van der Waals surface area contributed by atoms with Crippen molar-refractivity contribution in [2.75, 3.05) is 7.11 Å². The molecule has 3 heterocycles. The molecule has 0 unspecified atom stereocenters. The molecule has 0 fully saturated rings. The van der Waals surface area contributed by atoms with Gasteiger partial charge in [0.25, 0.3) is 0 Å². The van der Waals surface area contributed by atoms with Crippen molar-refractivity contribution in [3.8, 4) is 23.0 Å². The molecule has 0 N–H and O–H groups in total. The molecule has 5 rings (SSSR count). The molecule has 7 nitrogen and oxygen atoms in total. The molecule has 1 aliphatic heterocycles. The van der Waals surface area contributed by atoms with Crippen LogP contribution in [-0.2, 0) is 13.0 Å². The van der Waals surface area contributed by atoms with Crippen LogP contribution in [-0.4, -0.2) is 23.8 Å². The third kappa shape index (κ3) is 5.28. The van der Waals surface area contributed by atoms with Gasteiger partial charge in [-0.2, -0.15) is 0 Å². The summed E-state index contributed by atoms with van der Waals surface area (Å²) in [6.07, 6.45) is 9.77. The number of benzene rings is 2. The van der Waals surface area contributed by atoms with Crippen LogP contribution >= 0.6 is 0 Å². The standard InChI is InChI=1S/C33H35NO6/c1-19(2)8-9-23-28-25(17-27(31(23)36-7)38-20(3)4)39-26-16-24-22(10-13-33(5,6)40-24)32(29(26)30(28)35)37-18-21-11-14-34-15-12-21/h8,10-17,20H,9,18H2,1-7H3. The number of aromatic nitrogens is 1. The second-order valence-electron chi connectivity index (χ2n) is 11.0. The Morgan fingerprint density at radius 3 is 2.48 bits per heavy atom. The summed E-state index contributed by atoms with van der Waals surface area (Å²) in [7, 11) is 1.59. The van der Waals surface area contributed by atoms with E-state index < -0.39 is 5.60 Å². The van der Waals surface area contributed by atoms with Gasteiger partial charge in [-0.05, 0) is 77.8 Å². The predicted octanol–water partition coefficient (Wildman–Crippen LogP) is 7.41. The zero-order valence-corrected chi connectivity index (χ0v) is 24.1. The van der Waals surface area contributed by atoms with Gasteiger partial charge in [-0.25, -0.2) is 0 Å². The Morgan fingerprint density at radius 2 is 1.80 bits per heavy atom. The number of allylic oxidation sites excluding steroid dienone is 2. The molecule has 2 aromatic carbocycles. The first-order valence-corrected chi connectivity index (χ1v) is 13.5. The van der Waals surface area contributed by atoms with E-state index in [2.05, 4.69) is 11.1 Å². The van der Waals surface area contributed by atoms with Crippen molar-refractivity contribution < 1.29 is 23.4 Å². The van der Waals surface area contributed by atoms with Gasteiger partial charge in [-0.15, -0.1) is 0 Å². The first kappa shape index (κ1) is 27.3. The summed E-state index contributed by atoms with van der Waals surface area (Å²) in [5.41, 5.74) is 3.52. The summed E-state index contributed by atoms with van der Waals surface area (Å²) in [5, 5.41) is 0.791. The lowest BCUT2D eigenvalue weighted by Gasteiger charge is -2.29. The number of nitrogens with zero attached hydrogens (tertiary/aromatic N) is 1. The van der Waals surface area contributed by atoms with Crippen molar-refractivity contribution in [1.82, 2.24) is 4.98 Å². The molecule has 0 amide bonds. The SMILES string of the molecule is COc1c(OC(C)C)cc2oc3cc4c(c(OCc5ccncc5)c3c(=O)c2c1CC=C(C)C)C=CC(C)(C)O4. The monoisotopic (exact) mass is 541 g/mol. The minimum absolute atomic E-state index is 0.0996. The van der Waals surface area contributed by atoms with Crippen LogP contribution in [0.5, 0.6) is 23.0 Å². The molecule has 0 aliphatic carbocycles. The van der Waals surface area contributed by atoms with E-state index in [1.165, 1.54) is 0 Å². The Kier molecular flexibility index (Phi) is 7.32. The van der Waals surface area contributed by atoms with Crippen LogP contribution in [0.4, 0.5) is 0 Å². The first-order valence-electron chi connectivity index (χ1n) is 13.5. The average Bonchev–Trinajstić information content (AvgIpc) is 2.89. The molecule has 4 aromatic rings. The number of rotatable bonds is 8. The molecule has 0 bridgehead atoms. The normalized spacial score (nSPS) is 13.7. The Morgan fingerprint density at radius 1 is 1.07 bits per heavy atom. The molecule has 40 heavy (non-hydrogen) atoms. The van der Waals surface area contributed by atoms with Gasteiger partial charge in [0.15, 0.2) is 11.5 Å². The summed E-state index contributed by atoms with van der Waals surface area (Å²) >= 11 is 0. The maximum atomic E-state index is 14.5. The van der Waals surface area contributed by atoms with E-state index in [4.69, 9.17) is 23.4 Å². The fraction of sp³-hybridized carbons (Fsp3) is 0.333. The molecule has 0 saturated carbocycles. The Bertz CT molecular complexity index is 1690. The molecule has 7 heteroatoms. The second-order valence-corrected chi connectivity index (χ2v) is 11.0. The van der Waals surface area contributed by atoms with Crippen LogP contribution < -0.4 is 24.4 Å². The van der Waals surface area contributed by atoms with Crippen molar-refractivity contribution >= 4 is 28.0 Å². The van der Waals surface area contributed by atoms with Crippen LogP contribution in [0.3, 0.4) is 0 Å². The maximum absolute atomic E-state index is 14.5. The Hall–Kier alpha value is -4.26. The largest absolute Gasteiger partial charge is 0.493 e. The molecule has 0 atom stereocenters. The zero-order valence-electron chi connectivity index (χ0n) is 24.1. The lowest BCUT2D eigenvalue weighted by Crippen LogP contribution is -2.27. The van der Waals surface area contributed by atoms with E-state index in [1.807, 2.05) is 65.8 Å². The van der Waals surface area contributed by atoms with Gasteiger partial charge >= 0.3 is 0 Å². The van der Waals surface area contributed by atoms with E-state index in [0.717, 1.165) is 11.1 Å². The molecule has 2 aromatic heterocycles. The molecule has 1 aliphatic rings. The number of hydrogen-bond donors (Lipinski definition) is 0. The summed E-state index contributed by atoms with van der Waals surface area (Å²) in [5.74, 6) is 2.05. The highest BCUT2D eigenvalue weighted by Crippen LogP contribution is 2.44. The minimum atomic E-state index is -0.524. The molecular weight excluding hydrogens is 506 g/mol. The summed E-state index contributed by atoms with van der Waals surface area (Å²) in [4.78, 5) is 18.6. The van der Waals surface area contributed by atoms with Crippen LogP contribution in [0.2, 0.25) is 0 Å². The number of ether oxygens (including phenoxy) is 4. The van der Waals surface area contributed by atoms with Crippen molar-refractivity contribution in [2.45, 2.75) is 66.3 Å². The van der Waals surface area contributed by atoms with E-state index in [9.17, 15) is 4.79 Å². The molecule has 0 spiro atoms. The molecular formula is C33H35NO6. The van der Waals surface area contributed by atoms with Crippen molar-refractivity contribution in [3.05, 3.63) is 81.3 Å². The van der Waals surface area contributed by atoms with Gasteiger partial charge in [0.1, 0.15) is 40.3 Å². The van der Waals surface area contributed by atoms with E-state index in [-0.39, 0.29) is 18.1 Å². The van der Waals surface area contributed by atoms with Gasteiger partial charge < -0.3 is 23.4 Å². The Balaban J connectivity index is 1.84. The quantitative estimate of drug-likeness (QED) is 0.170. The van der Waals surface area contributed by atoms with Crippen molar-refractivity contribution in [3.63, 3.8) is 0 Å². The average molecular weight is 542 g/mol. The number of pyridine rings is 1. The van der Waals surface area contributed by atoms with Crippen LogP contribution in [0.1, 0.15) is 58.2 Å². The first-order chi connectivity index (χ1) is 19.1. The van der Waals surface area contributed by atoms with E-state index in [0.29, 0.717) is 62.5 Å². The predicted molar refractivity (Wildman–Crippen MR) is 158 cm³/mol. The van der Waals surface area contributed by atoms with Crippen LogP contribution in [0, 0.1) is 0 Å². The smallest absolute Gasteiger partial charge is 0.204 e. The number of hydrogen-bond acceptors (Lipinski definition) is 7. The van der Waals surface area contributed by atoms with Gasteiger partial charge in [0.05, 0.1) is 24.2 Å². The highest BCUT2D eigenvalue weighted by Gasteiger charge is 2.29. The highest BCUT2D eigenvalue weighted by molar-refractivity contribution is 5.99. The third-order valence-electron chi connectivity index (χ3n) is 6.67.